The normalized spacial score (nSPS) is 12.0. The first-order valence-electron chi connectivity index (χ1n) is 9.58. The third-order valence-electron chi connectivity index (χ3n) is 5.07. The van der Waals surface area contributed by atoms with E-state index < -0.39 is 17.6 Å². The highest BCUT2D eigenvalue weighted by molar-refractivity contribution is 5.88. The molecule has 0 unspecified atom stereocenters. The number of halogens is 3. The van der Waals surface area contributed by atoms with Crippen molar-refractivity contribution < 1.29 is 38.0 Å². The second-order valence-electron chi connectivity index (χ2n) is 7.13. The Balaban J connectivity index is 0.000000592. The van der Waals surface area contributed by atoms with E-state index >= 15 is 0 Å². The number of carbonyl (C=O) groups is 1. The van der Waals surface area contributed by atoms with E-state index in [0.717, 1.165) is 22.6 Å². The van der Waals surface area contributed by atoms with E-state index in [4.69, 9.17) is 20.4 Å². The molecule has 0 aromatic carbocycles. The number of fused-ring (bicyclic) bond motifs is 1. The molecule has 0 aliphatic heterocycles. The fourth-order valence-corrected chi connectivity index (χ4v) is 2.84. The minimum Gasteiger partial charge on any atom is -0.475 e. The summed E-state index contributed by atoms with van der Waals surface area (Å²) < 4.78 is 39.3. The van der Waals surface area contributed by atoms with Crippen molar-refractivity contribution in [3.63, 3.8) is 0 Å². The summed E-state index contributed by atoms with van der Waals surface area (Å²) in [5.41, 5.74) is 8.84. The Bertz CT molecular complexity index is 887. The monoisotopic (exact) mass is 450 g/mol. The number of nitrogens with two attached hydrogens (primary N) is 1. The van der Waals surface area contributed by atoms with Crippen LogP contribution in [0.5, 0.6) is 0 Å². The van der Waals surface area contributed by atoms with Crippen LogP contribution in [0.25, 0.3) is 11.0 Å². The lowest BCUT2D eigenvalue weighted by atomic mass is 9.86. The summed E-state index contributed by atoms with van der Waals surface area (Å²) in [6.07, 6.45) is -4.44. The number of hydrogen-bond donors (Lipinski definition) is 4. The summed E-state index contributed by atoms with van der Waals surface area (Å²) in [4.78, 5) is 17.9. The summed E-state index contributed by atoms with van der Waals surface area (Å²) in [5.74, 6) is -1.64. The van der Waals surface area contributed by atoms with Crippen molar-refractivity contribution in [1.29, 1.82) is 0 Å². The summed E-state index contributed by atoms with van der Waals surface area (Å²) in [7, 11) is 0. The minimum absolute atomic E-state index is 0.105. The maximum Gasteiger partial charge on any atom is 0.490 e. The molecule has 2 heterocycles. The van der Waals surface area contributed by atoms with Gasteiger partial charge in [-0.1, -0.05) is 6.92 Å². The summed E-state index contributed by atoms with van der Waals surface area (Å²) in [6.45, 7) is 8.94. The van der Waals surface area contributed by atoms with Crippen LogP contribution in [0.2, 0.25) is 0 Å². The molecule has 0 atom stereocenters. The molecule has 0 saturated carbocycles. The molecule has 176 valence electrons. The van der Waals surface area contributed by atoms with Crippen molar-refractivity contribution >= 4 is 22.8 Å². The Kier molecular flexibility index (Phi) is 9.21. The molecule has 0 spiro atoms. The van der Waals surface area contributed by atoms with E-state index in [9.17, 15) is 23.4 Å². The minimum atomic E-state index is -5.08. The van der Waals surface area contributed by atoms with Gasteiger partial charge in [0.2, 0.25) is 0 Å². The molecule has 5 N–H and O–H groups in total. The Morgan fingerprint density at radius 1 is 1.16 bits per heavy atom. The number of ether oxygens (including phenoxy) is 1. The van der Waals surface area contributed by atoms with E-state index in [-0.39, 0.29) is 13.2 Å². The molecule has 0 aliphatic carbocycles. The Labute approximate surface area is 177 Å². The van der Waals surface area contributed by atoms with Gasteiger partial charge < -0.3 is 30.4 Å². The molecule has 2 aromatic heterocycles. The van der Waals surface area contributed by atoms with E-state index in [1.807, 2.05) is 32.3 Å². The number of aryl methyl sites for hydroxylation is 2. The second kappa shape index (κ2) is 10.7. The lowest BCUT2D eigenvalue weighted by Crippen LogP contribution is -2.34. The van der Waals surface area contributed by atoms with Gasteiger partial charge in [-0.3, -0.25) is 0 Å². The number of carboxylic acids is 1. The zero-order valence-electron chi connectivity index (χ0n) is 18.0. The molecule has 12 heteroatoms. The highest BCUT2D eigenvalue weighted by Crippen LogP contribution is 2.31. The van der Waals surface area contributed by atoms with Gasteiger partial charge in [-0.05, 0) is 32.8 Å². The number of hydrogen-bond acceptors (Lipinski definition) is 7. The number of imidazole rings is 1. The maximum atomic E-state index is 10.6. The van der Waals surface area contributed by atoms with Crippen LogP contribution in [0.3, 0.4) is 0 Å². The highest BCUT2D eigenvalue weighted by atomic mass is 19.4. The topological polar surface area (TPSA) is 144 Å². The molecular formula is C19H29F3N4O5. The SMILES string of the molecule is CCOCc1nc2c(N)nc(C)c(C)c2n1CC(CC)(CO)CO.O=C(O)C(F)(F)F. The first-order chi connectivity index (χ1) is 14.4. The van der Waals surface area contributed by atoms with E-state index in [1.54, 1.807) is 0 Å². The van der Waals surface area contributed by atoms with E-state index in [0.29, 0.717) is 37.5 Å². The first kappa shape index (κ1) is 26.6. The van der Waals surface area contributed by atoms with Crippen molar-refractivity contribution in [2.75, 3.05) is 25.6 Å². The number of rotatable bonds is 8. The van der Waals surface area contributed by atoms with Gasteiger partial charge in [0.15, 0.2) is 5.82 Å². The van der Waals surface area contributed by atoms with E-state index in [1.165, 1.54) is 0 Å². The molecule has 2 rings (SSSR count). The smallest absolute Gasteiger partial charge is 0.475 e. The first-order valence-corrected chi connectivity index (χ1v) is 9.58. The van der Waals surface area contributed by atoms with Gasteiger partial charge >= 0.3 is 12.1 Å². The van der Waals surface area contributed by atoms with Gasteiger partial charge in [0, 0.05) is 24.3 Å². The molecule has 0 fully saturated rings. The molecular weight excluding hydrogens is 421 g/mol. The fraction of sp³-hybridized carbons (Fsp3) is 0.632. The highest BCUT2D eigenvalue weighted by Gasteiger charge is 2.38. The maximum absolute atomic E-state index is 10.6. The second-order valence-corrected chi connectivity index (χ2v) is 7.13. The zero-order valence-corrected chi connectivity index (χ0v) is 18.0. The van der Waals surface area contributed by atoms with Gasteiger partial charge in [0.1, 0.15) is 17.9 Å². The van der Waals surface area contributed by atoms with Crippen LogP contribution in [0.1, 0.15) is 37.4 Å². The van der Waals surface area contributed by atoms with Gasteiger partial charge in [-0.15, -0.1) is 0 Å². The van der Waals surface area contributed by atoms with Crippen LogP contribution in [-0.4, -0.2) is 61.8 Å². The molecule has 0 bridgehead atoms. The third kappa shape index (κ3) is 6.28. The molecule has 2 aromatic rings. The van der Waals surface area contributed by atoms with Crippen LogP contribution in [0.15, 0.2) is 0 Å². The molecule has 31 heavy (non-hydrogen) atoms. The van der Waals surface area contributed by atoms with Crippen LogP contribution in [0.4, 0.5) is 19.0 Å². The van der Waals surface area contributed by atoms with Crippen molar-refractivity contribution in [1.82, 2.24) is 14.5 Å². The number of aromatic nitrogens is 3. The fourth-order valence-electron chi connectivity index (χ4n) is 2.84. The van der Waals surface area contributed by atoms with Gasteiger partial charge in [-0.2, -0.15) is 13.2 Å². The van der Waals surface area contributed by atoms with Crippen LogP contribution in [-0.2, 0) is 22.7 Å². The van der Waals surface area contributed by atoms with Crippen molar-refractivity contribution in [2.24, 2.45) is 5.41 Å². The number of pyridine rings is 1. The largest absolute Gasteiger partial charge is 0.490 e. The zero-order chi connectivity index (χ0) is 24.0. The standard InChI is InChI=1S/C17H28N4O3.C2HF3O2/c1-5-17(9-22,10-23)8-21-13(7-24-6-2)20-14-15(21)11(3)12(4)19-16(14)18;3-2(4,5)1(6)7/h22-23H,5-10H2,1-4H3,(H2,18,19);(H,6,7). The van der Waals surface area contributed by atoms with Crippen LogP contribution >= 0.6 is 0 Å². The number of alkyl halides is 3. The van der Waals surface area contributed by atoms with Gasteiger partial charge in [0.25, 0.3) is 0 Å². The average molecular weight is 450 g/mol. The number of nitrogens with zero attached hydrogens (tertiary/aromatic N) is 3. The summed E-state index contributed by atoms with van der Waals surface area (Å²) >= 11 is 0. The summed E-state index contributed by atoms with van der Waals surface area (Å²) in [6, 6.07) is 0. The number of anilines is 1. The number of aliphatic hydroxyl groups is 2. The van der Waals surface area contributed by atoms with Gasteiger partial charge in [-0.25, -0.2) is 14.8 Å². The Morgan fingerprint density at radius 3 is 2.13 bits per heavy atom. The Hall–Kier alpha value is -2.44. The van der Waals surface area contributed by atoms with Crippen LogP contribution < -0.4 is 5.73 Å². The quantitative estimate of drug-likeness (QED) is 0.479. The number of carboxylic acid groups (broad SMARTS) is 1. The van der Waals surface area contributed by atoms with Crippen molar-refractivity contribution in [2.45, 2.75) is 53.4 Å². The van der Waals surface area contributed by atoms with Crippen LogP contribution in [0, 0.1) is 19.3 Å². The number of aliphatic hydroxyl groups excluding tert-OH is 2. The molecule has 0 saturated heterocycles. The lowest BCUT2D eigenvalue weighted by Gasteiger charge is -2.30. The van der Waals surface area contributed by atoms with Gasteiger partial charge in [0.05, 0.1) is 18.7 Å². The third-order valence-corrected chi connectivity index (χ3v) is 5.07. The number of aliphatic carboxylic acids is 1. The molecule has 0 radical (unpaired) electrons. The molecule has 0 aliphatic rings. The average Bonchev–Trinajstić information content (AvgIpc) is 3.07. The molecule has 9 nitrogen and oxygen atoms in total. The summed E-state index contributed by atoms with van der Waals surface area (Å²) in [5, 5.41) is 26.8. The van der Waals surface area contributed by atoms with E-state index in [2.05, 4.69) is 9.97 Å². The predicted octanol–water partition coefficient (Wildman–Crippen LogP) is 2.18. The van der Waals surface area contributed by atoms with Crippen molar-refractivity contribution in [3.8, 4) is 0 Å². The Morgan fingerprint density at radius 2 is 1.71 bits per heavy atom. The number of nitrogen functional groups attached to an aromatic ring is 1. The predicted molar refractivity (Wildman–Crippen MR) is 107 cm³/mol. The molecule has 0 amide bonds. The van der Waals surface area contributed by atoms with Crippen molar-refractivity contribution in [3.05, 3.63) is 17.1 Å². The lowest BCUT2D eigenvalue weighted by molar-refractivity contribution is -0.192.